The van der Waals surface area contributed by atoms with Crippen molar-refractivity contribution in [3.8, 4) is 0 Å². The lowest BCUT2D eigenvalue weighted by atomic mass is 9.98. The Bertz CT molecular complexity index is 1060. The van der Waals surface area contributed by atoms with Gasteiger partial charge >= 0.3 is 0 Å². The maximum absolute atomic E-state index is 12.7. The molecule has 0 saturated carbocycles. The average Bonchev–Trinajstić information content (AvgIpc) is 3.28. The minimum Gasteiger partial charge on any atom is -0.468 e. The van der Waals surface area contributed by atoms with E-state index >= 15 is 0 Å². The fraction of sp³-hybridized carbons (Fsp3) is 0.261. The summed E-state index contributed by atoms with van der Waals surface area (Å²) in [6, 6.07) is 16.5. The molecular weight excluding hydrogens is 382 g/mol. The molecule has 1 aliphatic heterocycles. The van der Waals surface area contributed by atoms with Crippen LogP contribution >= 0.6 is 0 Å². The molecule has 1 N–H and O–H groups in total. The summed E-state index contributed by atoms with van der Waals surface area (Å²) in [5.74, 6) is 0.441. The van der Waals surface area contributed by atoms with Crippen LogP contribution in [0.2, 0.25) is 0 Å². The third-order valence-electron chi connectivity index (χ3n) is 5.60. The summed E-state index contributed by atoms with van der Waals surface area (Å²) in [7, 11) is 0. The van der Waals surface area contributed by atoms with Gasteiger partial charge in [0.25, 0.3) is 11.6 Å². The highest BCUT2D eigenvalue weighted by Crippen LogP contribution is 2.28. The van der Waals surface area contributed by atoms with Gasteiger partial charge in [-0.05, 0) is 42.7 Å². The molecule has 2 aromatic carbocycles. The standard InChI is InChI=1S/C23H23N3O4/c1-16-8-9-18(13-20(16)26(28)29)23(27)24-14-21(22-7-4-12-30-22)25-11-10-17-5-2-3-6-19(17)15-25/h2-9,12-13,21H,10-11,14-15H2,1H3,(H,24,27)/t21-/m0/s1. The Morgan fingerprint density at radius 3 is 2.73 bits per heavy atom. The molecule has 3 aromatic rings. The average molecular weight is 405 g/mol. The number of furan rings is 1. The molecule has 0 bridgehead atoms. The van der Waals surface area contributed by atoms with Crippen molar-refractivity contribution < 1.29 is 14.1 Å². The Balaban J connectivity index is 1.51. The molecule has 7 heteroatoms. The molecule has 1 amide bonds. The Morgan fingerprint density at radius 1 is 1.20 bits per heavy atom. The number of rotatable bonds is 6. The molecule has 0 aliphatic carbocycles. The summed E-state index contributed by atoms with van der Waals surface area (Å²) < 4.78 is 5.66. The van der Waals surface area contributed by atoms with Crippen LogP contribution < -0.4 is 5.32 Å². The van der Waals surface area contributed by atoms with E-state index in [0.717, 1.165) is 25.3 Å². The van der Waals surface area contributed by atoms with Crippen molar-refractivity contribution in [1.82, 2.24) is 10.2 Å². The second kappa shape index (κ2) is 8.51. The number of amides is 1. The lowest BCUT2D eigenvalue weighted by molar-refractivity contribution is -0.385. The molecule has 0 fully saturated rings. The molecule has 4 rings (SSSR count). The lowest BCUT2D eigenvalue weighted by Crippen LogP contribution is -2.40. The van der Waals surface area contributed by atoms with Crippen molar-refractivity contribution in [2.75, 3.05) is 13.1 Å². The summed E-state index contributed by atoms with van der Waals surface area (Å²) in [5.41, 5.74) is 3.37. The molecule has 2 heterocycles. The van der Waals surface area contributed by atoms with Gasteiger partial charge in [0.1, 0.15) is 5.76 Å². The third-order valence-corrected chi connectivity index (χ3v) is 5.60. The monoisotopic (exact) mass is 405 g/mol. The number of nitro benzene ring substituents is 1. The van der Waals surface area contributed by atoms with Gasteiger partial charge in [0.2, 0.25) is 0 Å². The second-order valence-corrected chi connectivity index (χ2v) is 7.49. The first kappa shape index (κ1) is 19.8. The molecule has 30 heavy (non-hydrogen) atoms. The van der Waals surface area contributed by atoms with E-state index in [4.69, 9.17) is 4.42 Å². The number of hydrogen-bond donors (Lipinski definition) is 1. The predicted octanol–water partition coefficient (Wildman–Crippen LogP) is 4.03. The fourth-order valence-electron chi connectivity index (χ4n) is 3.91. The number of nitrogens with one attached hydrogen (secondary N) is 1. The minimum atomic E-state index is -0.469. The van der Waals surface area contributed by atoms with E-state index in [0.29, 0.717) is 12.1 Å². The van der Waals surface area contributed by atoms with Crippen LogP contribution in [0.3, 0.4) is 0 Å². The van der Waals surface area contributed by atoms with Crippen LogP contribution in [0.25, 0.3) is 0 Å². The van der Waals surface area contributed by atoms with Crippen molar-refractivity contribution in [2.45, 2.75) is 25.9 Å². The van der Waals surface area contributed by atoms with Gasteiger partial charge in [0.15, 0.2) is 0 Å². The topological polar surface area (TPSA) is 88.6 Å². The van der Waals surface area contributed by atoms with Gasteiger partial charge < -0.3 is 9.73 Å². The summed E-state index contributed by atoms with van der Waals surface area (Å²) in [5, 5.41) is 14.1. The molecule has 1 aliphatic rings. The highest BCUT2D eigenvalue weighted by molar-refractivity contribution is 5.95. The zero-order valence-electron chi connectivity index (χ0n) is 16.7. The van der Waals surface area contributed by atoms with E-state index in [9.17, 15) is 14.9 Å². The van der Waals surface area contributed by atoms with E-state index in [-0.39, 0.29) is 23.2 Å². The Hall–Kier alpha value is -3.45. The maximum Gasteiger partial charge on any atom is 0.273 e. The molecule has 7 nitrogen and oxygen atoms in total. The molecule has 1 aromatic heterocycles. The van der Waals surface area contributed by atoms with E-state index in [1.165, 1.54) is 17.2 Å². The first-order valence-corrected chi connectivity index (χ1v) is 9.90. The molecule has 0 saturated heterocycles. The van der Waals surface area contributed by atoms with E-state index in [1.807, 2.05) is 18.2 Å². The largest absolute Gasteiger partial charge is 0.468 e. The smallest absolute Gasteiger partial charge is 0.273 e. The van der Waals surface area contributed by atoms with Gasteiger partial charge in [-0.2, -0.15) is 0 Å². The second-order valence-electron chi connectivity index (χ2n) is 7.49. The molecule has 154 valence electrons. The zero-order valence-corrected chi connectivity index (χ0v) is 16.7. The first-order valence-electron chi connectivity index (χ1n) is 9.90. The van der Waals surface area contributed by atoms with Gasteiger partial charge in [-0.3, -0.25) is 19.8 Å². The third kappa shape index (κ3) is 4.11. The van der Waals surface area contributed by atoms with Crippen LogP contribution in [0.15, 0.2) is 65.3 Å². The van der Waals surface area contributed by atoms with Crippen LogP contribution in [0.4, 0.5) is 5.69 Å². The Labute approximate surface area is 174 Å². The number of benzene rings is 2. The number of fused-ring (bicyclic) bond motifs is 1. The van der Waals surface area contributed by atoms with E-state index in [2.05, 4.69) is 28.4 Å². The van der Waals surface area contributed by atoms with Gasteiger partial charge in [0.05, 0.1) is 17.2 Å². The van der Waals surface area contributed by atoms with Gasteiger partial charge in [-0.25, -0.2) is 0 Å². The van der Waals surface area contributed by atoms with Crippen molar-refractivity contribution in [1.29, 1.82) is 0 Å². The van der Waals surface area contributed by atoms with Crippen molar-refractivity contribution in [3.05, 3.63) is 99.0 Å². The zero-order chi connectivity index (χ0) is 21.1. The Kier molecular flexibility index (Phi) is 5.63. The number of nitro groups is 1. The maximum atomic E-state index is 12.7. The van der Waals surface area contributed by atoms with Crippen molar-refractivity contribution in [3.63, 3.8) is 0 Å². The number of nitrogens with zero attached hydrogens (tertiary/aromatic N) is 2. The highest BCUT2D eigenvalue weighted by atomic mass is 16.6. The summed E-state index contributed by atoms with van der Waals surface area (Å²) in [4.78, 5) is 25.7. The van der Waals surface area contributed by atoms with Crippen LogP contribution in [-0.2, 0) is 13.0 Å². The van der Waals surface area contributed by atoms with Gasteiger partial charge in [-0.15, -0.1) is 0 Å². The SMILES string of the molecule is Cc1ccc(C(=O)NC[C@@H](c2ccco2)N2CCc3ccccc3C2)cc1[N+](=O)[O-]. The highest BCUT2D eigenvalue weighted by Gasteiger charge is 2.27. The number of carbonyl (C=O) groups excluding carboxylic acids is 1. The molecular formula is C23H23N3O4. The predicted molar refractivity (Wildman–Crippen MR) is 112 cm³/mol. The molecule has 0 radical (unpaired) electrons. The molecule has 0 unspecified atom stereocenters. The van der Waals surface area contributed by atoms with Crippen LogP contribution in [0, 0.1) is 17.0 Å². The number of hydrogen-bond acceptors (Lipinski definition) is 5. The van der Waals surface area contributed by atoms with Crippen LogP contribution in [-0.4, -0.2) is 28.8 Å². The first-order chi connectivity index (χ1) is 14.5. The van der Waals surface area contributed by atoms with Gasteiger partial charge in [0, 0.05) is 36.8 Å². The lowest BCUT2D eigenvalue weighted by Gasteiger charge is -2.34. The summed E-state index contributed by atoms with van der Waals surface area (Å²) in [6.07, 6.45) is 2.57. The van der Waals surface area contributed by atoms with E-state index in [1.54, 1.807) is 25.3 Å². The van der Waals surface area contributed by atoms with Crippen molar-refractivity contribution in [2.24, 2.45) is 0 Å². The summed E-state index contributed by atoms with van der Waals surface area (Å²) >= 11 is 0. The Morgan fingerprint density at radius 2 is 2.00 bits per heavy atom. The number of aryl methyl sites for hydroxylation is 1. The van der Waals surface area contributed by atoms with Crippen LogP contribution in [0.1, 0.15) is 38.9 Å². The fourth-order valence-corrected chi connectivity index (χ4v) is 3.91. The normalized spacial score (nSPS) is 14.7. The number of carbonyl (C=O) groups is 1. The van der Waals surface area contributed by atoms with Crippen LogP contribution in [0.5, 0.6) is 0 Å². The molecule has 0 spiro atoms. The molecule has 1 atom stereocenters. The van der Waals surface area contributed by atoms with Gasteiger partial charge in [-0.1, -0.05) is 30.3 Å². The van der Waals surface area contributed by atoms with E-state index < -0.39 is 4.92 Å². The minimum absolute atomic E-state index is 0.0575. The quantitative estimate of drug-likeness (QED) is 0.494. The summed E-state index contributed by atoms with van der Waals surface area (Å²) in [6.45, 7) is 3.62. The van der Waals surface area contributed by atoms with Crippen molar-refractivity contribution >= 4 is 11.6 Å².